The second kappa shape index (κ2) is 8.44. The zero-order valence-electron chi connectivity index (χ0n) is 17.1. The van der Waals surface area contributed by atoms with E-state index in [9.17, 15) is 4.79 Å². The van der Waals surface area contributed by atoms with E-state index in [2.05, 4.69) is 10.1 Å². The summed E-state index contributed by atoms with van der Waals surface area (Å²) in [5.41, 5.74) is 1.29. The summed E-state index contributed by atoms with van der Waals surface area (Å²) in [6, 6.07) is 12.3. The molecule has 1 atom stereocenters. The minimum Gasteiger partial charge on any atom is -0.497 e. The van der Waals surface area contributed by atoms with Crippen molar-refractivity contribution in [1.29, 1.82) is 0 Å². The van der Waals surface area contributed by atoms with Crippen molar-refractivity contribution in [3.05, 3.63) is 53.9 Å². The van der Waals surface area contributed by atoms with Gasteiger partial charge in [-0.3, -0.25) is 4.79 Å². The fourth-order valence-corrected chi connectivity index (χ4v) is 3.62. The topological polar surface area (TPSA) is 86.9 Å². The molecule has 1 amide bonds. The smallest absolute Gasteiger partial charge is 0.258 e. The minimum atomic E-state index is -0.274. The van der Waals surface area contributed by atoms with E-state index in [1.807, 2.05) is 24.3 Å². The first-order valence-electron chi connectivity index (χ1n) is 9.65. The lowest BCUT2D eigenvalue weighted by Gasteiger charge is -2.23. The van der Waals surface area contributed by atoms with Crippen LogP contribution in [0, 0.1) is 0 Å². The van der Waals surface area contributed by atoms with Crippen LogP contribution < -0.4 is 14.2 Å². The number of methoxy groups -OCH3 is 3. The van der Waals surface area contributed by atoms with Crippen molar-refractivity contribution in [3.63, 3.8) is 0 Å². The van der Waals surface area contributed by atoms with E-state index in [1.54, 1.807) is 37.3 Å². The Hall–Kier alpha value is -3.55. The monoisotopic (exact) mass is 409 g/mol. The van der Waals surface area contributed by atoms with Crippen molar-refractivity contribution in [1.82, 2.24) is 15.0 Å². The fraction of sp³-hybridized carbons (Fsp3) is 0.318. The Bertz CT molecular complexity index is 1030. The standard InChI is InChI=1S/C22H23N3O5/c1-27-15-8-6-14(7-9-15)20-23-21(30-24-20)18-5-4-12-25(18)22(26)17-11-10-16(28-2)13-19(17)29-3/h6-11,13,18H,4-5,12H2,1-3H3. The minimum absolute atomic E-state index is 0.138. The van der Waals surface area contributed by atoms with Gasteiger partial charge in [0.1, 0.15) is 23.3 Å². The maximum atomic E-state index is 13.3. The first kappa shape index (κ1) is 19.8. The Morgan fingerprint density at radius 2 is 1.77 bits per heavy atom. The average molecular weight is 409 g/mol. The van der Waals surface area contributed by atoms with E-state index in [0.29, 0.717) is 35.3 Å². The number of ether oxygens (including phenoxy) is 3. The predicted octanol–water partition coefficient (Wildman–Crippen LogP) is 3.74. The maximum Gasteiger partial charge on any atom is 0.258 e. The fourth-order valence-electron chi connectivity index (χ4n) is 3.62. The molecule has 2 aromatic carbocycles. The summed E-state index contributed by atoms with van der Waals surface area (Å²) in [4.78, 5) is 19.6. The number of hydrogen-bond acceptors (Lipinski definition) is 7. The number of likely N-dealkylation sites (tertiary alicyclic amines) is 1. The van der Waals surface area contributed by atoms with Gasteiger partial charge in [0.2, 0.25) is 11.7 Å². The van der Waals surface area contributed by atoms with Gasteiger partial charge in [-0.25, -0.2) is 0 Å². The Labute approximate surface area is 174 Å². The van der Waals surface area contributed by atoms with Crippen molar-refractivity contribution in [2.75, 3.05) is 27.9 Å². The molecule has 0 saturated carbocycles. The highest BCUT2D eigenvalue weighted by molar-refractivity contribution is 5.97. The van der Waals surface area contributed by atoms with Crippen molar-refractivity contribution < 1.29 is 23.5 Å². The molecule has 1 aromatic heterocycles. The molecule has 0 spiro atoms. The molecule has 4 rings (SSSR count). The van der Waals surface area contributed by atoms with Crippen LogP contribution in [0.2, 0.25) is 0 Å². The van der Waals surface area contributed by atoms with Gasteiger partial charge in [0.25, 0.3) is 5.91 Å². The lowest BCUT2D eigenvalue weighted by atomic mass is 10.1. The van der Waals surface area contributed by atoms with Crippen molar-refractivity contribution in [2.24, 2.45) is 0 Å². The third-order valence-corrected chi connectivity index (χ3v) is 5.23. The summed E-state index contributed by atoms with van der Waals surface area (Å²) in [5.74, 6) is 2.62. The molecule has 1 fully saturated rings. The SMILES string of the molecule is COc1ccc(-c2noc(C3CCCN3C(=O)c3ccc(OC)cc3OC)n2)cc1. The van der Waals surface area contributed by atoms with Crippen LogP contribution in [-0.4, -0.2) is 48.8 Å². The van der Waals surface area contributed by atoms with Gasteiger partial charge < -0.3 is 23.6 Å². The van der Waals surface area contributed by atoms with Gasteiger partial charge >= 0.3 is 0 Å². The van der Waals surface area contributed by atoms with Crippen LogP contribution in [0.4, 0.5) is 0 Å². The van der Waals surface area contributed by atoms with Crippen LogP contribution in [0.15, 0.2) is 47.0 Å². The zero-order valence-corrected chi connectivity index (χ0v) is 17.1. The van der Waals surface area contributed by atoms with E-state index >= 15 is 0 Å². The number of benzene rings is 2. The van der Waals surface area contributed by atoms with E-state index in [4.69, 9.17) is 18.7 Å². The molecule has 8 heteroatoms. The van der Waals surface area contributed by atoms with Gasteiger partial charge in [0.15, 0.2) is 0 Å². The van der Waals surface area contributed by atoms with Gasteiger partial charge in [0.05, 0.1) is 26.9 Å². The summed E-state index contributed by atoms with van der Waals surface area (Å²) in [6.45, 7) is 0.610. The molecule has 1 aliphatic rings. The number of nitrogens with zero attached hydrogens (tertiary/aromatic N) is 3. The molecule has 0 N–H and O–H groups in total. The molecule has 1 saturated heterocycles. The molecular formula is C22H23N3O5. The van der Waals surface area contributed by atoms with Crippen LogP contribution in [-0.2, 0) is 0 Å². The summed E-state index contributed by atoms with van der Waals surface area (Å²) in [6.07, 6.45) is 1.61. The second-order valence-corrected chi connectivity index (χ2v) is 6.91. The zero-order chi connectivity index (χ0) is 21.1. The summed E-state index contributed by atoms with van der Waals surface area (Å²) < 4.78 is 21.3. The highest BCUT2D eigenvalue weighted by Gasteiger charge is 2.35. The highest BCUT2D eigenvalue weighted by atomic mass is 16.5. The summed E-state index contributed by atoms with van der Waals surface area (Å²) in [7, 11) is 4.72. The van der Waals surface area contributed by atoms with Gasteiger partial charge in [-0.1, -0.05) is 5.16 Å². The van der Waals surface area contributed by atoms with Crippen LogP contribution in [0.3, 0.4) is 0 Å². The molecule has 0 bridgehead atoms. The first-order chi connectivity index (χ1) is 14.6. The molecule has 30 heavy (non-hydrogen) atoms. The van der Waals surface area contributed by atoms with E-state index < -0.39 is 0 Å². The second-order valence-electron chi connectivity index (χ2n) is 6.91. The van der Waals surface area contributed by atoms with Gasteiger partial charge in [0, 0.05) is 18.2 Å². The number of aromatic nitrogens is 2. The largest absolute Gasteiger partial charge is 0.497 e. The molecular weight excluding hydrogens is 386 g/mol. The molecule has 0 radical (unpaired) electrons. The Morgan fingerprint density at radius 3 is 2.47 bits per heavy atom. The van der Waals surface area contributed by atoms with Crippen LogP contribution in [0.5, 0.6) is 17.2 Å². The molecule has 3 aromatic rings. The van der Waals surface area contributed by atoms with E-state index in [-0.39, 0.29) is 11.9 Å². The number of rotatable bonds is 6. The van der Waals surface area contributed by atoms with Gasteiger partial charge in [-0.05, 0) is 49.2 Å². The number of amides is 1. The first-order valence-corrected chi connectivity index (χ1v) is 9.65. The van der Waals surface area contributed by atoms with Crippen LogP contribution in [0.1, 0.15) is 35.1 Å². The number of hydrogen-bond donors (Lipinski definition) is 0. The Morgan fingerprint density at radius 1 is 1.03 bits per heavy atom. The van der Waals surface area contributed by atoms with Crippen molar-refractivity contribution >= 4 is 5.91 Å². The van der Waals surface area contributed by atoms with Gasteiger partial charge in [-0.2, -0.15) is 4.98 Å². The van der Waals surface area contributed by atoms with Crippen molar-refractivity contribution in [3.8, 4) is 28.6 Å². The molecule has 8 nitrogen and oxygen atoms in total. The lowest BCUT2D eigenvalue weighted by Crippen LogP contribution is -2.31. The van der Waals surface area contributed by atoms with Gasteiger partial charge in [-0.15, -0.1) is 0 Å². The third-order valence-electron chi connectivity index (χ3n) is 5.23. The summed E-state index contributed by atoms with van der Waals surface area (Å²) in [5, 5.41) is 4.10. The van der Waals surface area contributed by atoms with E-state index in [1.165, 1.54) is 7.11 Å². The molecule has 0 aliphatic carbocycles. The number of carbonyl (C=O) groups excluding carboxylic acids is 1. The third kappa shape index (κ3) is 3.68. The Kier molecular flexibility index (Phi) is 5.56. The van der Waals surface area contributed by atoms with Crippen LogP contribution >= 0.6 is 0 Å². The normalized spacial score (nSPS) is 15.8. The quantitative estimate of drug-likeness (QED) is 0.613. The summed E-state index contributed by atoms with van der Waals surface area (Å²) >= 11 is 0. The lowest BCUT2D eigenvalue weighted by molar-refractivity contribution is 0.0706. The highest BCUT2D eigenvalue weighted by Crippen LogP contribution is 2.35. The van der Waals surface area contributed by atoms with Crippen molar-refractivity contribution in [2.45, 2.75) is 18.9 Å². The number of carbonyl (C=O) groups is 1. The maximum absolute atomic E-state index is 13.3. The van der Waals surface area contributed by atoms with E-state index in [0.717, 1.165) is 24.2 Å². The molecule has 1 unspecified atom stereocenters. The molecule has 1 aliphatic heterocycles. The molecule has 2 heterocycles. The average Bonchev–Trinajstić information content (AvgIpc) is 3.48. The van der Waals surface area contributed by atoms with Crippen LogP contribution in [0.25, 0.3) is 11.4 Å². The Balaban J connectivity index is 1.58. The predicted molar refractivity (Wildman–Crippen MR) is 109 cm³/mol. The molecule has 156 valence electrons.